The van der Waals surface area contributed by atoms with E-state index in [2.05, 4.69) is 15.6 Å². The molecule has 2 N–H and O–H groups in total. The van der Waals surface area contributed by atoms with Gasteiger partial charge in [0, 0.05) is 12.5 Å². The monoisotopic (exact) mass is 363 g/mol. The Morgan fingerprint density at radius 3 is 2.38 bits per heavy atom. The molecule has 1 aromatic heterocycles. The second kappa shape index (κ2) is 7.72. The summed E-state index contributed by atoms with van der Waals surface area (Å²) in [6, 6.07) is 10.7. The highest BCUT2D eigenvalue weighted by Gasteiger charge is 2.13. The molecule has 1 aromatic carbocycles. The van der Waals surface area contributed by atoms with Gasteiger partial charge in [-0.15, -0.1) is 0 Å². The molecular weight excluding hydrogens is 342 g/mol. The summed E-state index contributed by atoms with van der Waals surface area (Å²) in [5, 5.41) is 6.77. The van der Waals surface area contributed by atoms with Crippen molar-refractivity contribution in [3.63, 3.8) is 0 Å². The SMILES string of the molecule is CC[C@H](NC(=S)Nc1ccc(C)cn1)c1ccc(S(C)(=O)=O)cc1. The fourth-order valence-corrected chi connectivity index (χ4v) is 3.10. The van der Waals surface area contributed by atoms with E-state index in [4.69, 9.17) is 12.2 Å². The van der Waals surface area contributed by atoms with Gasteiger partial charge in [0.1, 0.15) is 5.82 Å². The summed E-state index contributed by atoms with van der Waals surface area (Å²) in [6.07, 6.45) is 3.78. The van der Waals surface area contributed by atoms with E-state index >= 15 is 0 Å². The summed E-state index contributed by atoms with van der Waals surface area (Å²) in [5.41, 5.74) is 2.06. The second-order valence-electron chi connectivity index (χ2n) is 5.62. The van der Waals surface area contributed by atoms with Gasteiger partial charge < -0.3 is 10.6 Å². The number of benzene rings is 1. The van der Waals surface area contributed by atoms with Crippen molar-refractivity contribution < 1.29 is 8.42 Å². The number of thiocarbonyl (C=S) groups is 1. The standard InChI is InChI=1S/C17H21N3O2S2/c1-4-15(13-6-8-14(9-7-13)24(3,21)22)19-17(23)20-16-10-5-12(2)11-18-16/h5-11,15H,4H2,1-3H3,(H2,18,19,20,23)/t15-/m0/s1. The lowest BCUT2D eigenvalue weighted by molar-refractivity contribution is 0.601. The molecule has 128 valence electrons. The Labute approximate surface area is 148 Å². The van der Waals surface area contributed by atoms with Crippen molar-refractivity contribution in [3.05, 3.63) is 53.7 Å². The van der Waals surface area contributed by atoms with E-state index < -0.39 is 9.84 Å². The number of rotatable bonds is 5. The minimum atomic E-state index is -3.19. The number of hydrogen-bond donors (Lipinski definition) is 2. The number of nitrogens with zero attached hydrogens (tertiary/aromatic N) is 1. The summed E-state index contributed by atoms with van der Waals surface area (Å²) in [4.78, 5) is 4.57. The first kappa shape index (κ1) is 18.4. The lowest BCUT2D eigenvalue weighted by Crippen LogP contribution is -2.32. The van der Waals surface area contributed by atoms with Crippen LogP contribution >= 0.6 is 12.2 Å². The van der Waals surface area contributed by atoms with Crippen LogP contribution in [-0.2, 0) is 9.84 Å². The molecule has 0 aliphatic rings. The van der Waals surface area contributed by atoms with Gasteiger partial charge >= 0.3 is 0 Å². The third-order valence-corrected chi connectivity index (χ3v) is 4.93. The Bertz CT molecular complexity index is 801. The molecule has 0 fully saturated rings. The number of hydrogen-bond acceptors (Lipinski definition) is 4. The van der Waals surface area contributed by atoms with Crippen LogP contribution in [-0.4, -0.2) is 24.8 Å². The van der Waals surface area contributed by atoms with Crippen LogP contribution in [0.25, 0.3) is 0 Å². The van der Waals surface area contributed by atoms with E-state index in [0.717, 1.165) is 17.5 Å². The van der Waals surface area contributed by atoms with E-state index in [1.807, 2.05) is 38.1 Å². The molecule has 1 heterocycles. The van der Waals surface area contributed by atoms with Crippen molar-refractivity contribution in [3.8, 4) is 0 Å². The predicted octanol–water partition coefficient (Wildman–Crippen LogP) is 3.23. The number of nitrogens with one attached hydrogen (secondary N) is 2. The van der Waals surface area contributed by atoms with Gasteiger partial charge in [0.05, 0.1) is 10.9 Å². The van der Waals surface area contributed by atoms with Crippen LogP contribution in [0.1, 0.15) is 30.5 Å². The molecule has 7 heteroatoms. The van der Waals surface area contributed by atoms with Crippen LogP contribution in [0, 0.1) is 6.92 Å². The average Bonchev–Trinajstić information content (AvgIpc) is 2.54. The van der Waals surface area contributed by atoms with Gasteiger partial charge in [-0.3, -0.25) is 0 Å². The second-order valence-corrected chi connectivity index (χ2v) is 8.05. The van der Waals surface area contributed by atoms with Gasteiger partial charge in [0.15, 0.2) is 14.9 Å². The van der Waals surface area contributed by atoms with Crippen LogP contribution in [0.4, 0.5) is 5.82 Å². The lowest BCUT2D eigenvalue weighted by atomic mass is 10.1. The molecule has 0 aliphatic carbocycles. The van der Waals surface area contributed by atoms with E-state index in [-0.39, 0.29) is 6.04 Å². The Kier molecular flexibility index (Phi) is 5.90. The third kappa shape index (κ3) is 5.01. The van der Waals surface area contributed by atoms with E-state index in [0.29, 0.717) is 15.8 Å². The molecule has 1 atom stereocenters. The van der Waals surface area contributed by atoms with E-state index in [9.17, 15) is 8.42 Å². The van der Waals surface area contributed by atoms with Crippen molar-refractivity contribution in [1.82, 2.24) is 10.3 Å². The Balaban J connectivity index is 2.05. The molecule has 0 amide bonds. The van der Waals surface area contributed by atoms with Crippen LogP contribution < -0.4 is 10.6 Å². The number of sulfone groups is 1. The smallest absolute Gasteiger partial charge is 0.175 e. The van der Waals surface area contributed by atoms with Crippen LogP contribution in [0.15, 0.2) is 47.5 Å². The largest absolute Gasteiger partial charge is 0.356 e. The summed E-state index contributed by atoms with van der Waals surface area (Å²) in [5.74, 6) is 0.681. The van der Waals surface area contributed by atoms with Crippen molar-refractivity contribution in [2.75, 3.05) is 11.6 Å². The molecule has 0 saturated heterocycles. The first-order chi connectivity index (χ1) is 11.3. The quantitative estimate of drug-likeness (QED) is 0.795. The first-order valence-corrected chi connectivity index (χ1v) is 9.89. The van der Waals surface area contributed by atoms with Crippen LogP contribution in [0.3, 0.4) is 0 Å². The highest BCUT2D eigenvalue weighted by Crippen LogP contribution is 2.19. The zero-order valence-corrected chi connectivity index (χ0v) is 15.5. The highest BCUT2D eigenvalue weighted by atomic mass is 32.2. The summed E-state index contributed by atoms with van der Waals surface area (Å²) in [6.45, 7) is 4.01. The molecule has 0 saturated carbocycles. The normalized spacial score (nSPS) is 12.5. The molecule has 5 nitrogen and oxygen atoms in total. The van der Waals surface area contributed by atoms with Gasteiger partial charge in [-0.1, -0.05) is 25.1 Å². The number of aromatic nitrogens is 1. The summed E-state index contributed by atoms with van der Waals surface area (Å²) >= 11 is 5.34. The molecule has 0 aliphatic heterocycles. The maximum Gasteiger partial charge on any atom is 0.175 e. The van der Waals surface area contributed by atoms with Gasteiger partial charge in [0.25, 0.3) is 0 Å². The Morgan fingerprint density at radius 2 is 1.88 bits per heavy atom. The molecule has 0 bridgehead atoms. The Morgan fingerprint density at radius 1 is 1.21 bits per heavy atom. The molecule has 24 heavy (non-hydrogen) atoms. The zero-order chi connectivity index (χ0) is 17.7. The minimum Gasteiger partial charge on any atom is -0.356 e. The van der Waals surface area contributed by atoms with Crippen molar-refractivity contribution >= 4 is 33.0 Å². The van der Waals surface area contributed by atoms with Crippen molar-refractivity contribution in [1.29, 1.82) is 0 Å². The first-order valence-electron chi connectivity index (χ1n) is 7.60. The highest BCUT2D eigenvalue weighted by molar-refractivity contribution is 7.90. The fourth-order valence-electron chi connectivity index (χ4n) is 2.22. The van der Waals surface area contributed by atoms with Gasteiger partial charge in [0.2, 0.25) is 0 Å². The molecule has 0 spiro atoms. The van der Waals surface area contributed by atoms with Crippen molar-refractivity contribution in [2.45, 2.75) is 31.2 Å². The predicted molar refractivity (Wildman–Crippen MR) is 101 cm³/mol. The third-order valence-electron chi connectivity index (χ3n) is 3.58. The number of aryl methyl sites for hydroxylation is 1. The number of pyridine rings is 1. The maximum atomic E-state index is 11.5. The van der Waals surface area contributed by atoms with E-state index in [1.54, 1.807) is 18.3 Å². The van der Waals surface area contributed by atoms with E-state index in [1.165, 1.54) is 6.26 Å². The van der Waals surface area contributed by atoms with Crippen molar-refractivity contribution in [2.24, 2.45) is 0 Å². The lowest BCUT2D eigenvalue weighted by Gasteiger charge is -2.20. The maximum absolute atomic E-state index is 11.5. The Hall–Kier alpha value is -1.99. The average molecular weight is 364 g/mol. The minimum absolute atomic E-state index is 0.0101. The molecule has 0 unspecified atom stereocenters. The van der Waals surface area contributed by atoms with Gasteiger partial charge in [-0.25, -0.2) is 13.4 Å². The topological polar surface area (TPSA) is 71.1 Å². The zero-order valence-electron chi connectivity index (χ0n) is 13.9. The molecular formula is C17H21N3O2S2. The van der Waals surface area contributed by atoms with Crippen LogP contribution in [0.2, 0.25) is 0 Å². The molecule has 2 rings (SSSR count). The number of anilines is 1. The fraction of sp³-hybridized carbons (Fsp3) is 0.294. The molecule has 2 aromatic rings. The van der Waals surface area contributed by atoms with Crippen LogP contribution in [0.5, 0.6) is 0 Å². The summed E-state index contributed by atoms with van der Waals surface area (Å²) < 4.78 is 23.1. The van der Waals surface area contributed by atoms with Gasteiger partial charge in [-0.05, 0) is 54.9 Å². The summed E-state index contributed by atoms with van der Waals surface area (Å²) in [7, 11) is -3.19. The molecule has 0 radical (unpaired) electrons. The van der Waals surface area contributed by atoms with Gasteiger partial charge in [-0.2, -0.15) is 0 Å².